The van der Waals surface area contributed by atoms with Crippen LogP contribution in [0.1, 0.15) is 27.7 Å². The number of hydrogen-bond donors (Lipinski definition) is 1. The molecular formula is C13H22ClN5O2. The van der Waals surface area contributed by atoms with Gasteiger partial charge in [-0.15, -0.1) is 0 Å². The summed E-state index contributed by atoms with van der Waals surface area (Å²) >= 11 is 5.94. The van der Waals surface area contributed by atoms with Crippen molar-refractivity contribution in [2.75, 3.05) is 30.4 Å². The molecule has 1 heterocycles. The van der Waals surface area contributed by atoms with Crippen molar-refractivity contribution in [2.24, 2.45) is 5.92 Å². The molecule has 0 bridgehead atoms. The van der Waals surface area contributed by atoms with Crippen LogP contribution in [0, 0.1) is 5.92 Å². The number of anilines is 2. The van der Waals surface area contributed by atoms with Crippen LogP contribution < -0.4 is 10.2 Å². The number of hydrogen-bond acceptors (Lipinski definition) is 7. The monoisotopic (exact) mass is 315 g/mol. The Morgan fingerprint density at radius 3 is 2.38 bits per heavy atom. The molecule has 0 amide bonds. The van der Waals surface area contributed by atoms with Crippen LogP contribution in [-0.4, -0.2) is 47.2 Å². The van der Waals surface area contributed by atoms with Gasteiger partial charge in [-0.25, -0.2) is 4.79 Å². The molecule has 0 aliphatic heterocycles. The van der Waals surface area contributed by atoms with E-state index in [-0.39, 0.29) is 23.1 Å². The summed E-state index contributed by atoms with van der Waals surface area (Å²) in [6.45, 7) is 9.31. The van der Waals surface area contributed by atoms with Gasteiger partial charge in [0.15, 0.2) is 0 Å². The molecule has 0 spiro atoms. The van der Waals surface area contributed by atoms with Crippen LogP contribution in [0.4, 0.5) is 11.9 Å². The first kappa shape index (κ1) is 17.4. The third-order valence-corrected chi connectivity index (χ3v) is 3.22. The average molecular weight is 316 g/mol. The molecule has 1 aromatic heterocycles. The van der Waals surface area contributed by atoms with Gasteiger partial charge in [0.05, 0.1) is 7.11 Å². The second kappa shape index (κ2) is 7.97. The van der Waals surface area contributed by atoms with E-state index in [4.69, 9.17) is 16.3 Å². The minimum atomic E-state index is -0.544. The van der Waals surface area contributed by atoms with E-state index in [1.165, 1.54) is 7.11 Å². The van der Waals surface area contributed by atoms with Crippen LogP contribution in [0.25, 0.3) is 0 Å². The van der Waals surface area contributed by atoms with Gasteiger partial charge in [-0.2, -0.15) is 15.0 Å². The number of nitrogens with one attached hydrogen (secondary N) is 1. The molecule has 1 N–H and O–H groups in total. The minimum Gasteiger partial charge on any atom is -0.467 e. The standard InChI is InChI=1S/C13H22ClN5O2/c1-6-19(7-2)13-17-11(14)16-12(18-13)15-9(8(3)4)10(20)21-5/h8-9H,6-7H2,1-5H3,(H,15,16,17,18). The Balaban J connectivity index is 3.04. The summed E-state index contributed by atoms with van der Waals surface area (Å²) in [5.74, 6) is 0.395. The maximum atomic E-state index is 11.8. The van der Waals surface area contributed by atoms with E-state index in [0.29, 0.717) is 5.95 Å². The minimum absolute atomic E-state index is 0.0184. The number of rotatable bonds is 7. The quantitative estimate of drug-likeness (QED) is 0.770. The number of aromatic nitrogens is 3. The summed E-state index contributed by atoms with van der Waals surface area (Å²) in [6, 6.07) is -0.544. The molecule has 0 saturated heterocycles. The smallest absolute Gasteiger partial charge is 0.328 e. The van der Waals surface area contributed by atoms with Gasteiger partial charge in [0.1, 0.15) is 6.04 Å². The lowest BCUT2D eigenvalue weighted by Gasteiger charge is -2.22. The fraction of sp³-hybridized carbons (Fsp3) is 0.692. The third-order valence-electron chi connectivity index (χ3n) is 3.05. The lowest BCUT2D eigenvalue weighted by Crippen LogP contribution is -2.36. The summed E-state index contributed by atoms with van der Waals surface area (Å²) in [6.07, 6.45) is 0. The van der Waals surface area contributed by atoms with Gasteiger partial charge in [-0.05, 0) is 31.4 Å². The Kier molecular flexibility index (Phi) is 6.61. The number of ether oxygens (including phenoxy) is 1. The summed E-state index contributed by atoms with van der Waals surface area (Å²) in [4.78, 5) is 26.2. The van der Waals surface area contributed by atoms with E-state index in [1.807, 2.05) is 32.6 Å². The second-order valence-electron chi connectivity index (χ2n) is 4.79. The fourth-order valence-electron chi connectivity index (χ4n) is 1.82. The molecule has 1 rings (SSSR count). The summed E-state index contributed by atoms with van der Waals surface area (Å²) in [5.41, 5.74) is 0. The third kappa shape index (κ3) is 4.70. The highest BCUT2D eigenvalue weighted by Crippen LogP contribution is 2.16. The highest BCUT2D eigenvalue weighted by atomic mass is 35.5. The van der Waals surface area contributed by atoms with Crippen molar-refractivity contribution in [1.29, 1.82) is 0 Å². The molecule has 1 aromatic rings. The van der Waals surface area contributed by atoms with E-state index in [0.717, 1.165) is 13.1 Å². The maximum Gasteiger partial charge on any atom is 0.328 e. The van der Waals surface area contributed by atoms with Crippen LogP contribution in [0.3, 0.4) is 0 Å². The highest BCUT2D eigenvalue weighted by Gasteiger charge is 2.24. The van der Waals surface area contributed by atoms with Crippen molar-refractivity contribution in [3.63, 3.8) is 0 Å². The van der Waals surface area contributed by atoms with Gasteiger partial charge in [-0.3, -0.25) is 0 Å². The molecule has 0 aromatic carbocycles. The molecule has 0 aliphatic rings. The lowest BCUT2D eigenvalue weighted by atomic mass is 10.1. The number of carbonyl (C=O) groups is 1. The Hall–Kier alpha value is -1.63. The predicted octanol–water partition coefficient (Wildman–Crippen LogP) is 1.98. The Morgan fingerprint density at radius 1 is 1.29 bits per heavy atom. The van der Waals surface area contributed by atoms with Gasteiger partial charge in [0.2, 0.25) is 17.2 Å². The number of methoxy groups -OCH3 is 1. The van der Waals surface area contributed by atoms with Gasteiger partial charge < -0.3 is 15.0 Å². The van der Waals surface area contributed by atoms with Crippen molar-refractivity contribution in [1.82, 2.24) is 15.0 Å². The van der Waals surface area contributed by atoms with Crippen molar-refractivity contribution in [3.05, 3.63) is 5.28 Å². The van der Waals surface area contributed by atoms with Gasteiger partial charge in [-0.1, -0.05) is 13.8 Å². The van der Waals surface area contributed by atoms with Gasteiger partial charge in [0, 0.05) is 13.1 Å². The molecule has 0 radical (unpaired) electrons. The van der Waals surface area contributed by atoms with E-state index in [2.05, 4.69) is 20.3 Å². The van der Waals surface area contributed by atoms with Crippen LogP contribution in [-0.2, 0) is 9.53 Å². The van der Waals surface area contributed by atoms with Gasteiger partial charge in [0.25, 0.3) is 0 Å². The molecule has 0 fully saturated rings. The fourth-order valence-corrected chi connectivity index (χ4v) is 1.97. The molecule has 7 nitrogen and oxygen atoms in total. The normalized spacial score (nSPS) is 12.1. The number of halogens is 1. The first-order valence-corrected chi connectivity index (χ1v) is 7.31. The molecule has 118 valence electrons. The molecule has 0 saturated carbocycles. The van der Waals surface area contributed by atoms with E-state index >= 15 is 0 Å². The number of carbonyl (C=O) groups excluding carboxylic acids is 1. The zero-order chi connectivity index (χ0) is 16.0. The zero-order valence-corrected chi connectivity index (χ0v) is 13.8. The molecule has 1 unspecified atom stereocenters. The number of nitrogens with zero attached hydrogens (tertiary/aromatic N) is 4. The van der Waals surface area contributed by atoms with Crippen molar-refractivity contribution >= 4 is 29.5 Å². The summed E-state index contributed by atoms with van der Waals surface area (Å²) in [5, 5.41) is 3.05. The van der Waals surface area contributed by atoms with Gasteiger partial charge >= 0.3 is 5.97 Å². The van der Waals surface area contributed by atoms with E-state index < -0.39 is 6.04 Å². The van der Waals surface area contributed by atoms with Crippen molar-refractivity contribution in [2.45, 2.75) is 33.7 Å². The first-order valence-electron chi connectivity index (χ1n) is 6.93. The molecule has 0 aliphatic carbocycles. The highest BCUT2D eigenvalue weighted by molar-refractivity contribution is 6.28. The zero-order valence-electron chi connectivity index (χ0n) is 13.1. The topological polar surface area (TPSA) is 80.2 Å². The first-order chi connectivity index (χ1) is 9.92. The van der Waals surface area contributed by atoms with E-state index in [9.17, 15) is 4.79 Å². The van der Waals surface area contributed by atoms with Crippen LogP contribution in [0.5, 0.6) is 0 Å². The van der Waals surface area contributed by atoms with Crippen LogP contribution in [0.2, 0.25) is 5.28 Å². The van der Waals surface area contributed by atoms with Crippen LogP contribution in [0.15, 0.2) is 0 Å². The lowest BCUT2D eigenvalue weighted by molar-refractivity contribution is -0.142. The predicted molar refractivity (Wildman–Crippen MR) is 82.7 cm³/mol. The van der Waals surface area contributed by atoms with Crippen LogP contribution >= 0.6 is 11.6 Å². The number of esters is 1. The molecule has 1 atom stereocenters. The Morgan fingerprint density at radius 2 is 1.90 bits per heavy atom. The molecule has 21 heavy (non-hydrogen) atoms. The second-order valence-corrected chi connectivity index (χ2v) is 5.13. The van der Waals surface area contributed by atoms with Crippen molar-refractivity contribution < 1.29 is 9.53 Å². The van der Waals surface area contributed by atoms with E-state index in [1.54, 1.807) is 0 Å². The summed E-state index contributed by atoms with van der Waals surface area (Å²) < 4.78 is 4.78. The summed E-state index contributed by atoms with van der Waals surface area (Å²) in [7, 11) is 1.35. The average Bonchev–Trinajstić information content (AvgIpc) is 2.44. The molecular weight excluding hydrogens is 294 g/mol. The Bertz CT molecular complexity index is 480. The Labute approximate surface area is 130 Å². The molecule has 8 heteroatoms. The van der Waals surface area contributed by atoms with Crippen molar-refractivity contribution in [3.8, 4) is 0 Å². The maximum absolute atomic E-state index is 11.8. The SMILES string of the molecule is CCN(CC)c1nc(Cl)nc(NC(C(=O)OC)C(C)C)n1. The largest absolute Gasteiger partial charge is 0.467 e.